The Hall–Kier alpha value is -1.46. The van der Waals surface area contributed by atoms with Crippen LogP contribution in [0.5, 0.6) is 0 Å². The Kier molecular flexibility index (Phi) is 7.07. The van der Waals surface area contributed by atoms with E-state index in [0.29, 0.717) is 26.1 Å². The van der Waals surface area contributed by atoms with E-state index in [-0.39, 0.29) is 18.0 Å². The van der Waals surface area contributed by atoms with E-state index in [4.69, 9.17) is 4.74 Å². The molecule has 0 saturated carbocycles. The monoisotopic (exact) mass is 269 g/mol. The molecule has 0 aromatic heterocycles. The number of aliphatic hydroxyl groups excluding tert-OH is 1. The second-order valence-corrected chi connectivity index (χ2v) is 4.14. The number of nitrogens with one attached hydrogen (secondary N) is 1. The summed E-state index contributed by atoms with van der Waals surface area (Å²) in [6, 6.07) is 5.98. The quantitative estimate of drug-likeness (QED) is 0.707. The van der Waals surface area contributed by atoms with Crippen LogP contribution in [-0.4, -0.2) is 30.8 Å². The Morgan fingerprint density at radius 1 is 1.47 bits per heavy atom. The van der Waals surface area contributed by atoms with Gasteiger partial charge in [0.2, 0.25) is 5.91 Å². The number of hydrogen-bond acceptors (Lipinski definition) is 3. The Bertz CT molecular complexity index is 398. The summed E-state index contributed by atoms with van der Waals surface area (Å²) in [5.41, 5.74) is 0.192. The van der Waals surface area contributed by atoms with Gasteiger partial charge in [0.05, 0.1) is 6.10 Å². The van der Waals surface area contributed by atoms with Crippen LogP contribution in [0.4, 0.5) is 4.39 Å². The smallest absolute Gasteiger partial charge is 0.220 e. The summed E-state index contributed by atoms with van der Waals surface area (Å²) in [5.74, 6) is -0.643. The highest BCUT2D eigenvalue weighted by Crippen LogP contribution is 2.15. The lowest BCUT2D eigenvalue weighted by atomic mass is 10.1. The Balaban J connectivity index is 2.28. The van der Waals surface area contributed by atoms with Crippen molar-refractivity contribution in [2.75, 3.05) is 19.8 Å². The van der Waals surface area contributed by atoms with E-state index in [9.17, 15) is 14.3 Å². The average molecular weight is 269 g/mol. The molecule has 0 radical (unpaired) electrons. The third-order valence-electron chi connectivity index (χ3n) is 2.65. The number of benzene rings is 1. The average Bonchev–Trinajstić information content (AvgIpc) is 2.41. The highest BCUT2D eigenvalue weighted by atomic mass is 19.1. The van der Waals surface area contributed by atoms with Gasteiger partial charge in [-0.3, -0.25) is 4.79 Å². The van der Waals surface area contributed by atoms with Crippen molar-refractivity contribution in [1.29, 1.82) is 0 Å². The van der Waals surface area contributed by atoms with Crippen LogP contribution in [0.2, 0.25) is 0 Å². The maximum Gasteiger partial charge on any atom is 0.220 e. The summed E-state index contributed by atoms with van der Waals surface area (Å²) in [4.78, 5) is 11.5. The van der Waals surface area contributed by atoms with Crippen molar-refractivity contribution < 1.29 is 19.0 Å². The predicted octanol–water partition coefficient (Wildman–Crippen LogP) is 1.79. The molecule has 4 nitrogen and oxygen atoms in total. The van der Waals surface area contributed by atoms with Gasteiger partial charge in [-0.1, -0.05) is 18.2 Å². The van der Waals surface area contributed by atoms with E-state index in [1.165, 1.54) is 12.1 Å². The molecular weight excluding hydrogens is 249 g/mol. The van der Waals surface area contributed by atoms with Crippen LogP contribution in [0, 0.1) is 5.82 Å². The number of ether oxygens (including phenoxy) is 1. The SMILES string of the molecule is CCOCCCC(=O)NCC(O)c1ccccc1F. The number of halogens is 1. The molecule has 1 atom stereocenters. The largest absolute Gasteiger partial charge is 0.386 e. The lowest BCUT2D eigenvalue weighted by molar-refractivity contribution is -0.121. The molecule has 19 heavy (non-hydrogen) atoms. The predicted molar refractivity (Wildman–Crippen MR) is 70.1 cm³/mol. The fraction of sp³-hybridized carbons (Fsp3) is 0.500. The molecule has 5 heteroatoms. The van der Waals surface area contributed by atoms with Gasteiger partial charge in [-0.05, 0) is 19.4 Å². The van der Waals surface area contributed by atoms with Crippen LogP contribution in [0.3, 0.4) is 0 Å². The number of aliphatic hydroxyl groups is 1. The van der Waals surface area contributed by atoms with Crippen molar-refractivity contribution in [3.63, 3.8) is 0 Å². The van der Waals surface area contributed by atoms with Crippen molar-refractivity contribution in [3.05, 3.63) is 35.6 Å². The van der Waals surface area contributed by atoms with E-state index >= 15 is 0 Å². The van der Waals surface area contributed by atoms with Gasteiger partial charge < -0.3 is 15.2 Å². The zero-order valence-corrected chi connectivity index (χ0v) is 11.1. The highest BCUT2D eigenvalue weighted by molar-refractivity contribution is 5.75. The summed E-state index contributed by atoms with van der Waals surface area (Å²) in [7, 11) is 0. The van der Waals surface area contributed by atoms with Crippen LogP contribution in [-0.2, 0) is 9.53 Å². The van der Waals surface area contributed by atoms with Gasteiger partial charge >= 0.3 is 0 Å². The van der Waals surface area contributed by atoms with E-state index in [1.807, 2.05) is 6.92 Å². The van der Waals surface area contributed by atoms with Gasteiger partial charge in [-0.15, -0.1) is 0 Å². The minimum absolute atomic E-state index is 0.00833. The number of hydrogen-bond donors (Lipinski definition) is 2. The van der Waals surface area contributed by atoms with Gasteiger partial charge in [0, 0.05) is 31.7 Å². The van der Waals surface area contributed by atoms with Crippen molar-refractivity contribution in [3.8, 4) is 0 Å². The first-order chi connectivity index (χ1) is 9.15. The van der Waals surface area contributed by atoms with E-state index < -0.39 is 11.9 Å². The van der Waals surface area contributed by atoms with E-state index in [0.717, 1.165) is 0 Å². The molecule has 1 rings (SSSR count). The number of carbonyl (C=O) groups excluding carboxylic acids is 1. The first-order valence-corrected chi connectivity index (χ1v) is 6.42. The second-order valence-electron chi connectivity index (χ2n) is 4.14. The summed E-state index contributed by atoms with van der Waals surface area (Å²) in [6.45, 7) is 3.08. The molecule has 0 aliphatic rings. The third-order valence-corrected chi connectivity index (χ3v) is 2.65. The fourth-order valence-electron chi connectivity index (χ4n) is 1.63. The number of amides is 1. The van der Waals surface area contributed by atoms with Crippen molar-refractivity contribution in [2.24, 2.45) is 0 Å². The molecule has 0 fully saturated rings. The van der Waals surface area contributed by atoms with Crippen molar-refractivity contribution in [1.82, 2.24) is 5.32 Å². The summed E-state index contributed by atoms with van der Waals surface area (Å²) < 4.78 is 18.5. The molecule has 106 valence electrons. The van der Waals surface area contributed by atoms with Crippen LogP contribution >= 0.6 is 0 Å². The van der Waals surface area contributed by atoms with E-state index in [1.54, 1.807) is 12.1 Å². The first kappa shape index (κ1) is 15.6. The molecule has 1 unspecified atom stereocenters. The Morgan fingerprint density at radius 2 is 2.21 bits per heavy atom. The zero-order chi connectivity index (χ0) is 14.1. The van der Waals surface area contributed by atoms with Gasteiger partial charge in [0.25, 0.3) is 0 Å². The van der Waals surface area contributed by atoms with Gasteiger partial charge in [-0.2, -0.15) is 0 Å². The van der Waals surface area contributed by atoms with Crippen LogP contribution in [0.1, 0.15) is 31.4 Å². The minimum Gasteiger partial charge on any atom is -0.386 e. The lowest BCUT2D eigenvalue weighted by Crippen LogP contribution is -2.28. The fourth-order valence-corrected chi connectivity index (χ4v) is 1.63. The van der Waals surface area contributed by atoms with E-state index in [2.05, 4.69) is 5.32 Å². The molecule has 0 aliphatic heterocycles. The summed E-state index contributed by atoms with van der Waals surface area (Å²) in [6.07, 6.45) is -0.0588. The Labute approximate surface area is 112 Å². The molecule has 0 spiro atoms. The van der Waals surface area contributed by atoms with Gasteiger partial charge in [0.15, 0.2) is 0 Å². The normalized spacial score (nSPS) is 12.2. The van der Waals surface area contributed by atoms with Crippen LogP contribution in [0.25, 0.3) is 0 Å². The first-order valence-electron chi connectivity index (χ1n) is 6.42. The second kappa shape index (κ2) is 8.61. The summed E-state index contributed by atoms with van der Waals surface area (Å²) >= 11 is 0. The number of rotatable bonds is 8. The molecular formula is C14H20FNO3. The maximum atomic E-state index is 13.4. The topological polar surface area (TPSA) is 58.6 Å². The lowest BCUT2D eigenvalue weighted by Gasteiger charge is -2.13. The third kappa shape index (κ3) is 5.81. The van der Waals surface area contributed by atoms with Crippen molar-refractivity contribution >= 4 is 5.91 Å². The molecule has 1 amide bonds. The van der Waals surface area contributed by atoms with Crippen LogP contribution < -0.4 is 5.32 Å². The highest BCUT2D eigenvalue weighted by Gasteiger charge is 2.12. The van der Waals surface area contributed by atoms with Gasteiger partial charge in [-0.25, -0.2) is 4.39 Å². The van der Waals surface area contributed by atoms with Gasteiger partial charge in [0.1, 0.15) is 5.82 Å². The summed E-state index contributed by atoms with van der Waals surface area (Å²) in [5, 5.41) is 12.4. The molecule has 1 aromatic rings. The van der Waals surface area contributed by atoms with Crippen LogP contribution in [0.15, 0.2) is 24.3 Å². The van der Waals surface area contributed by atoms with Crippen molar-refractivity contribution in [2.45, 2.75) is 25.9 Å². The molecule has 0 bridgehead atoms. The zero-order valence-electron chi connectivity index (χ0n) is 11.1. The Morgan fingerprint density at radius 3 is 2.89 bits per heavy atom. The minimum atomic E-state index is -1.03. The molecule has 2 N–H and O–H groups in total. The molecule has 0 heterocycles. The maximum absolute atomic E-state index is 13.4. The number of carbonyl (C=O) groups is 1. The molecule has 0 saturated heterocycles. The molecule has 1 aromatic carbocycles. The molecule has 0 aliphatic carbocycles. The standard InChI is InChI=1S/C14H20FNO3/c1-2-19-9-5-8-14(18)16-10-13(17)11-6-3-4-7-12(11)15/h3-4,6-7,13,17H,2,5,8-10H2,1H3,(H,16,18).